The van der Waals surface area contributed by atoms with E-state index in [1.807, 2.05) is 6.20 Å². The van der Waals surface area contributed by atoms with Crippen LogP contribution in [-0.2, 0) is 0 Å². The quantitative estimate of drug-likeness (QED) is 0.229. The lowest BCUT2D eigenvalue weighted by Crippen LogP contribution is -2.15. The van der Waals surface area contributed by atoms with Crippen LogP contribution < -0.4 is 0 Å². The van der Waals surface area contributed by atoms with E-state index in [0.717, 1.165) is 22.1 Å². The Balaban J connectivity index is 1.47. The van der Waals surface area contributed by atoms with Gasteiger partial charge < -0.3 is 0 Å². The van der Waals surface area contributed by atoms with Crippen molar-refractivity contribution in [2.24, 2.45) is 4.99 Å². The van der Waals surface area contributed by atoms with E-state index in [1.165, 1.54) is 49.0 Å². The number of hydrogen-bond acceptors (Lipinski definition) is 3. The smallest absolute Gasteiger partial charge is 0.117 e. The zero-order valence-corrected chi connectivity index (χ0v) is 21.7. The van der Waals surface area contributed by atoms with Gasteiger partial charge in [0, 0.05) is 17.5 Å². The van der Waals surface area contributed by atoms with Gasteiger partial charge in [0.1, 0.15) is 5.04 Å². The van der Waals surface area contributed by atoms with E-state index in [0.29, 0.717) is 0 Å². The summed E-state index contributed by atoms with van der Waals surface area (Å²) in [5.74, 6) is 0.997. The number of pyridine rings is 1. The van der Waals surface area contributed by atoms with E-state index < -0.39 is 0 Å². The van der Waals surface area contributed by atoms with Gasteiger partial charge in [-0.25, -0.2) is 0 Å². The first-order chi connectivity index (χ1) is 18.1. The summed E-state index contributed by atoms with van der Waals surface area (Å²) in [5, 5.41) is 8.56. The number of aliphatic imine (C=N–C) groups is 1. The second-order valence-corrected chi connectivity index (χ2v) is 11.3. The maximum atomic E-state index is 4.88. The van der Waals surface area contributed by atoms with Crippen LogP contribution in [0, 0.1) is 0 Å². The summed E-state index contributed by atoms with van der Waals surface area (Å²) in [6.45, 7) is 4.35. The van der Waals surface area contributed by atoms with E-state index in [1.54, 1.807) is 11.8 Å². The number of rotatable bonds is 3. The molecular weight excluding hydrogens is 468 g/mol. The maximum absolute atomic E-state index is 4.88. The SMILES string of the molecule is CC1(C)CSC(c2ccc(-c3c4ccccc4c(-c4ccc5ccccc5c4)c4ccccc34)cn2)=N1. The summed E-state index contributed by atoms with van der Waals surface area (Å²) in [7, 11) is 0. The number of fused-ring (bicyclic) bond motifs is 3. The highest BCUT2D eigenvalue weighted by Crippen LogP contribution is 2.44. The Morgan fingerprint density at radius 1 is 0.622 bits per heavy atom. The van der Waals surface area contributed by atoms with Crippen molar-refractivity contribution in [1.82, 2.24) is 4.98 Å². The molecule has 0 radical (unpaired) electrons. The largest absolute Gasteiger partial charge is 0.269 e. The first-order valence-corrected chi connectivity index (χ1v) is 13.7. The highest BCUT2D eigenvalue weighted by Gasteiger charge is 2.26. The average Bonchev–Trinajstić information content (AvgIpc) is 3.31. The molecule has 7 rings (SSSR count). The van der Waals surface area contributed by atoms with Gasteiger partial charge >= 0.3 is 0 Å². The van der Waals surface area contributed by atoms with Crippen molar-refractivity contribution in [2.45, 2.75) is 19.4 Å². The molecule has 0 saturated heterocycles. The molecule has 0 N–H and O–H groups in total. The van der Waals surface area contributed by atoms with Crippen LogP contribution in [0.3, 0.4) is 0 Å². The number of nitrogens with zero attached hydrogens (tertiary/aromatic N) is 2. The van der Waals surface area contributed by atoms with E-state index >= 15 is 0 Å². The summed E-state index contributed by atoms with van der Waals surface area (Å²) < 4.78 is 0. The number of thioether (sulfide) groups is 1. The van der Waals surface area contributed by atoms with Gasteiger partial charge in [0.2, 0.25) is 0 Å². The Kier molecular flexibility index (Phi) is 5.16. The predicted molar refractivity (Wildman–Crippen MR) is 161 cm³/mol. The second-order valence-electron chi connectivity index (χ2n) is 10.4. The lowest BCUT2D eigenvalue weighted by molar-refractivity contribution is 0.605. The molecule has 1 aromatic heterocycles. The standard InChI is InChI=1S/C34H26N2S/c1-34(2)21-37-33(36-34)30-18-17-25(20-35-30)32-28-13-7-5-11-26(28)31(27-12-6-8-14-29(27)32)24-16-15-22-9-3-4-10-23(22)19-24/h3-20H,21H2,1-2H3. The lowest BCUT2D eigenvalue weighted by atomic mass is 9.86. The van der Waals surface area contributed by atoms with Crippen molar-refractivity contribution in [1.29, 1.82) is 0 Å². The van der Waals surface area contributed by atoms with Crippen LogP contribution in [0.1, 0.15) is 19.5 Å². The van der Waals surface area contributed by atoms with Crippen molar-refractivity contribution in [3.05, 3.63) is 115 Å². The van der Waals surface area contributed by atoms with Crippen LogP contribution in [-0.4, -0.2) is 21.3 Å². The van der Waals surface area contributed by atoms with E-state index in [4.69, 9.17) is 9.98 Å². The molecule has 37 heavy (non-hydrogen) atoms. The maximum Gasteiger partial charge on any atom is 0.117 e. The Labute approximate surface area is 221 Å². The fraction of sp³-hybridized carbons (Fsp3) is 0.118. The molecule has 2 nitrogen and oxygen atoms in total. The van der Waals surface area contributed by atoms with Crippen LogP contribution in [0.25, 0.3) is 54.6 Å². The third-order valence-electron chi connectivity index (χ3n) is 7.21. The van der Waals surface area contributed by atoms with Gasteiger partial charge in [0.15, 0.2) is 0 Å². The topological polar surface area (TPSA) is 25.2 Å². The van der Waals surface area contributed by atoms with E-state index in [2.05, 4.69) is 117 Å². The van der Waals surface area contributed by atoms with Crippen LogP contribution in [0.2, 0.25) is 0 Å². The molecule has 0 unspecified atom stereocenters. The van der Waals surface area contributed by atoms with Gasteiger partial charge in [0.25, 0.3) is 0 Å². The summed E-state index contributed by atoms with van der Waals surface area (Å²) in [6.07, 6.45) is 2.02. The minimum absolute atomic E-state index is 0.0225. The average molecular weight is 495 g/mol. The monoisotopic (exact) mass is 494 g/mol. The lowest BCUT2D eigenvalue weighted by Gasteiger charge is -2.18. The van der Waals surface area contributed by atoms with E-state index in [-0.39, 0.29) is 5.54 Å². The Morgan fingerprint density at radius 3 is 1.76 bits per heavy atom. The highest BCUT2D eigenvalue weighted by atomic mass is 32.2. The van der Waals surface area contributed by atoms with Gasteiger partial charge in [0.05, 0.1) is 11.2 Å². The fourth-order valence-electron chi connectivity index (χ4n) is 5.48. The summed E-state index contributed by atoms with van der Waals surface area (Å²) in [5.41, 5.74) is 5.82. The van der Waals surface area contributed by atoms with Crippen molar-refractivity contribution in [2.75, 3.05) is 5.75 Å². The Bertz CT molecular complexity index is 1790. The summed E-state index contributed by atoms with van der Waals surface area (Å²) >= 11 is 1.80. The number of aromatic nitrogens is 1. The molecule has 5 aromatic carbocycles. The van der Waals surface area contributed by atoms with Crippen molar-refractivity contribution < 1.29 is 0 Å². The van der Waals surface area contributed by atoms with Gasteiger partial charge in [-0.15, -0.1) is 11.8 Å². The predicted octanol–water partition coefficient (Wildman–Crippen LogP) is 9.15. The highest BCUT2D eigenvalue weighted by molar-refractivity contribution is 8.14. The van der Waals surface area contributed by atoms with Gasteiger partial charge in [-0.3, -0.25) is 9.98 Å². The van der Waals surface area contributed by atoms with Crippen LogP contribution in [0.4, 0.5) is 0 Å². The van der Waals surface area contributed by atoms with Crippen molar-refractivity contribution in [3.8, 4) is 22.3 Å². The molecule has 0 atom stereocenters. The molecule has 0 fully saturated rings. The molecule has 2 heterocycles. The van der Waals surface area contributed by atoms with Gasteiger partial charge in [-0.05, 0) is 75.0 Å². The molecular formula is C34H26N2S. The van der Waals surface area contributed by atoms with Crippen LogP contribution in [0.15, 0.2) is 114 Å². The molecule has 1 aliphatic heterocycles. The molecule has 178 valence electrons. The molecule has 6 aromatic rings. The molecule has 0 amide bonds. The van der Waals surface area contributed by atoms with Gasteiger partial charge in [-0.1, -0.05) is 91.0 Å². The van der Waals surface area contributed by atoms with Crippen molar-refractivity contribution >= 4 is 49.1 Å². The molecule has 0 spiro atoms. The molecule has 0 bridgehead atoms. The molecule has 1 aliphatic rings. The molecule has 3 heteroatoms. The molecule has 0 saturated carbocycles. The fourth-order valence-corrected chi connectivity index (χ4v) is 6.61. The molecule has 0 aliphatic carbocycles. The van der Waals surface area contributed by atoms with Crippen LogP contribution in [0.5, 0.6) is 0 Å². The minimum Gasteiger partial charge on any atom is -0.269 e. The zero-order valence-electron chi connectivity index (χ0n) is 20.9. The number of hydrogen-bond donors (Lipinski definition) is 0. The second kappa shape index (κ2) is 8.57. The van der Waals surface area contributed by atoms with Gasteiger partial charge in [-0.2, -0.15) is 0 Å². The number of benzene rings is 5. The third kappa shape index (κ3) is 3.82. The van der Waals surface area contributed by atoms with Crippen molar-refractivity contribution in [3.63, 3.8) is 0 Å². The van der Waals surface area contributed by atoms with E-state index in [9.17, 15) is 0 Å². The summed E-state index contributed by atoms with van der Waals surface area (Å²) in [4.78, 5) is 9.76. The minimum atomic E-state index is -0.0225. The Morgan fingerprint density at radius 2 is 1.19 bits per heavy atom. The Hall–Kier alpha value is -3.95. The normalized spacial score (nSPS) is 14.9. The first-order valence-electron chi connectivity index (χ1n) is 12.7. The third-order valence-corrected chi connectivity index (χ3v) is 8.63. The summed E-state index contributed by atoms with van der Waals surface area (Å²) in [6, 6.07) is 37.3. The zero-order chi connectivity index (χ0) is 25.0. The first kappa shape index (κ1) is 22.3. The van der Waals surface area contributed by atoms with Crippen LogP contribution >= 0.6 is 11.8 Å².